The Hall–Kier alpha value is -0.0800. The summed E-state index contributed by atoms with van der Waals surface area (Å²) in [6.07, 6.45) is 2.50. The van der Waals surface area contributed by atoms with Crippen LogP contribution in [0, 0.1) is 0 Å². The lowest BCUT2D eigenvalue weighted by atomic mass is 10.0. The summed E-state index contributed by atoms with van der Waals surface area (Å²) in [6, 6.07) is 1.40. The van der Waals surface area contributed by atoms with Crippen molar-refractivity contribution in [2.45, 2.75) is 52.6 Å². The lowest BCUT2D eigenvalue weighted by molar-refractivity contribution is 0.203. The van der Waals surface area contributed by atoms with E-state index >= 15 is 0 Å². The van der Waals surface area contributed by atoms with Gasteiger partial charge in [-0.25, -0.2) is 0 Å². The van der Waals surface area contributed by atoms with E-state index in [-0.39, 0.29) is 0 Å². The zero-order chi connectivity index (χ0) is 11.7. The van der Waals surface area contributed by atoms with Gasteiger partial charge < -0.3 is 9.80 Å². The van der Waals surface area contributed by atoms with E-state index in [2.05, 4.69) is 51.8 Å². The molecule has 0 aliphatic rings. The van der Waals surface area contributed by atoms with E-state index in [1.807, 2.05) is 13.8 Å². The Bertz CT molecular complexity index is 111. The van der Waals surface area contributed by atoms with Crippen LogP contribution in [0.5, 0.6) is 0 Å². The minimum atomic E-state index is 0.678. The first-order valence-corrected chi connectivity index (χ1v) is 5.81. The molecule has 0 N–H and O–H groups in total. The Morgan fingerprint density at radius 2 is 1.36 bits per heavy atom. The highest BCUT2D eigenvalue weighted by Gasteiger charge is 2.14. The normalized spacial score (nSPS) is 15.0. The molecule has 2 unspecified atom stereocenters. The SMILES string of the molecule is CC.CCC(CC(C)N(C)C)N(C)C. The van der Waals surface area contributed by atoms with Gasteiger partial charge in [0.05, 0.1) is 0 Å². The molecule has 2 heteroatoms. The van der Waals surface area contributed by atoms with Crippen molar-refractivity contribution in [1.82, 2.24) is 9.80 Å². The summed E-state index contributed by atoms with van der Waals surface area (Å²) in [7, 11) is 8.62. The highest BCUT2D eigenvalue weighted by Crippen LogP contribution is 2.10. The van der Waals surface area contributed by atoms with Gasteiger partial charge >= 0.3 is 0 Å². The number of nitrogens with zero attached hydrogens (tertiary/aromatic N) is 2. The first-order chi connectivity index (χ1) is 6.49. The lowest BCUT2D eigenvalue weighted by Gasteiger charge is -2.29. The van der Waals surface area contributed by atoms with Gasteiger partial charge in [0.25, 0.3) is 0 Å². The van der Waals surface area contributed by atoms with Crippen molar-refractivity contribution in [3.63, 3.8) is 0 Å². The standard InChI is InChI=1S/C10H24N2.C2H6/c1-7-10(12(5)6)8-9(2)11(3)4;1-2/h9-10H,7-8H2,1-6H3;1-2H3. The van der Waals surface area contributed by atoms with E-state index in [0.29, 0.717) is 6.04 Å². The first kappa shape index (κ1) is 16.4. The molecule has 0 saturated heterocycles. The molecule has 14 heavy (non-hydrogen) atoms. The van der Waals surface area contributed by atoms with Crippen LogP contribution in [0.4, 0.5) is 0 Å². The number of hydrogen-bond donors (Lipinski definition) is 0. The summed E-state index contributed by atoms with van der Waals surface area (Å²) in [5, 5.41) is 0. The molecule has 88 valence electrons. The summed E-state index contributed by atoms with van der Waals surface area (Å²) in [4.78, 5) is 4.60. The molecule has 0 spiro atoms. The monoisotopic (exact) mass is 202 g/mol. The third-order valence-corrected chi connectivity index (χ3v) is 2.70. The van der Waals surface area contributed by atoms with E-state index in [4.69, 9.17) is 0 Å². The van der Waals surface area contributed by atoms with Crippen LogP contribution in [0.3, 0.4) is 0 Å². The summed E-state index contributed by atoms with van der Waals surface area (Å²) in [6.45, 7) is 8.54. The van der Waals surface area contributed by atoms with E-state index in [1.54, 1.807) is 0 Å². The van der Waals surface area contributed by atoms with Gasteiger partial charge in [-0.1, -0.05) is 20.8 Å². The lowest BCUT2D eigenvalue weighted by Crippen LogP contribution is -2.35. The van der Waals surface area contributed by atoms with Gasteiger partial charge in [-0.15, -0.1) is 0 Å². The second-order valence-corrected chi connectivity index (χ2v) is 4.07. The highest BCUT2D eigenvalue weighted by molar-refractivity contribution is 4.71. The Kier molecular flexibility index (Phi) is 11.1. The zero-order valence-corrected chi connectivity index (χ0v) is 11.5. The topological polar surface area (TPSA) is 6.48 Å². The molecule has 0 aromatic heterocycles. The molecule has 0 fully saturated rings. The molecule has 0 aromatic rings. The second-order valence-electron chi connectivity index (χ2n) is 4.07. The molecule has 0 aliphatic heterocycles. The average Bonchev–Trinajstić information content (AvgIpc) is 2.16. The third-order valence-electron chi connectivity index (χ3n) is 2.70. The molecule has 2 nitrogen and oxygen atoms in total. The molecule has 2 atom stereocenters. The number of hydrogen-bond acceptors (Lipinski definition) is 2. The maximum absolute atomic E-state index is 2.32. The molecule has 0 radical (unpaired) electrons. The van der Waals surface area contributed by atoms with Crippen molar-refractivity contribution < 1.29 is 0 Å². The average molecular weight is 202 g/mol. The van der Waals surface area contributed by atoms with Crippen molar-refractivity contribution >= 4 is 0 Å². The van der Waals surface area contributed by atoms with E-state index in [9.17, 15) is 0 Å². The Morgan fingerprint density at radius 1 is 0.929 bits per heavy atom. The van der Waals surface area contributed by atoms with Crippen molar-refractivity contribution in [3.05, 3.63) is 0 Å². The fraction of sp³-hybridized carbons (Fsp3) is 1.00. The molecule has 0 aliphatic carbocycles. The van der Waals surface area contributed by atoms with E-state index in [1.165, 1.54) is 12.8 Å². The van der Waals surface area contributed by atoms with Crippen molar-refractivity contribution in [2.24, 2.45) is 0 Å². The quantitative estimate of drug-likeness (QED) is 0.676. The van der Waals surface area contributed by atoms with Gasteiger partial charge in [-0.05, 0) is 48.0 Å². The first-order valence-electron chi connectivity index (χ1n) is 5.81. The number of rotatable bonds is 5. The summed E-state index contributed by atoms with van der Waals surface area (Å²) in [5.74, 6) is 0. The third kappa shape index (κ3) is 7.34. The maximum Gasteiger partial charge on any atom is 0.0101 e. The summed E-state index contributed by atoms with van der Waals surface area (Å²) >= 11 is 0. The minimum Gasteiger partial charge on any atom is -0.307 e. The van der Waals surface area contributed by atoms with Crippen LogP contribution < -0.4 is 0 Å². The predicted molar refractivity (Wildman–Crippen MR) is 66.9 cm³/mol. The van der Waals surface area contributed by atoms with Gasteiger partial charge in [-0.3, -0.25) is 0 Å². The molecule has 0 rings (SSSR count). The predicted octanol–water partition coefficient (Wildman–Crippen LogP) is 2.69. The van der Waals surface area contributed by atoms with Crippen LogP contribution >= 0.6 is 0 Å². The molecule has 0 saturated carbocycles. The smallest absolute Gasteiger partial charge is 0.0101 e. The van der Waals surface area contributed by atoms with E-state index in [0.717, 1.165) is 6.04 Å². The van der Waals surface area contributed by atoms with Crippen molar-refractivity contribution in [1.29, 1.82) is 0 Å². The Balaban J connectivity index is 0. The minimum absolute atomic E-state index is 0.678. The largest absolute Gasteiger partial charge is 0.307 e. The van der Waals surface area contributed by atoms with Crippen LogP contribution in [-0.2, 0) is 0 Å². The molecule has 0 aromatic carbocycles. The zero-order valence-electron chi connectivity index (χ0n) is 11.5. The fourth-order valence-corrected chi connectivity index (χ4v) is 1.35. The van der Waals surface area contributed by atoms with Crippen LogP contribution in [0.15, 0.2) is 0 Å². The van der Waals surface area contributed by atoms with E-state index < -0.39 is 0 Å². The molecular weight excluding hydrogens is 172 g/mol. The molecule has 0 heterocycles. The highest BCUT2D eigenvalue weighted by atomic mass is 15.1. The van der Waals surface area contributed by atoms with Crippen LogP contribution in [0.25, 0.3) is 0 Å². The molecule has 0 amide bonds. The van der Waals surface area contributed by atoms with Gasteiger partial charge in [0.15, 0.2) is 0 Å². The van der Waals surface area contributed by atoms with Gasteiger partial charge in [-0.2, -0.15) is 0 Å². The van der Waals surface area contributed by atoms with Gasteiger partial charge in [0, 0.05) is 12.1 Å². The fourth-order valence-electron chi connectivity index (χ4n) is 1.35. The van der Waals surface area contributed by atoms with Crippen LogP contribution in [-0.4, -0.2) is 50.1 Å². The molecular formula is C12H30N2. The van der Waals surface area contributed by atoms with Crippen LogP contribution in [0.1, 0.15) is 40.5 Å². The Labute approximate surface area is 91.3 Å². The van der Waals surface area contributed by atoms with Crippen molar-refractivity contribution in [2.75, 3.05) is 28.2 Å². The summed E-state index contributed by atoms with van der Waals surface area (Å²) in [5.41, 5.74) is 0. The molecule has 0 bridgehead atoms. The second kappa shape index (κ2) is 9.47. The van der Waals surface area contributed by atoms with Gasteiger partial charge in [0.1, 0.15) is 0 Å². The Morgan fingerprint density at radius 3 is 1.57 bits per heavy atom. The summed E-state index contributed by atoms with van der Waals surface area (Å²) < 4.78 is 0. The maximum atomic E-state index is 2.32. The van der Waals surface area contributed by atoms with Gasteiger partial charge in [0.2, 0.25) is 0 Å². The van der Waals surface area contributed by atoms with Crippen LogP contribution in [0.2, 0.25) is 0 Å². The van der Waals surface area contributed by atoms with Crippen molar-refractivity contribution in [3.8, 4) is 0 Å².